The minimum Gasteiger partial charge on any atom is -0.355 e. The lowest BCUT2D eigenvalue weighted by Crippen LogP contribution is -2.49. The molecule has 0 saturated carbocycles. The van der Waals surface area contributed by atoms with Gasteiger partial charge >= 0.3 is 0 Å². The average Bonchev–Trinajstić information content (AvgIpc) is 2.84. The van der Waals surface area contributed by atoms with E-state index in [9.17, 15) is 25.0 Å². The Balaban J connectivity index is 1.39. The normalized spacial score (nSPS) is 17.2. The molecule has 2 saturated heterocycles. The van der Waals surface area contributed by atoms with Gasteiger partial charge in [0.05, 0.1) is 21.5 Å². The molecule has 0 bridgehead atoms. The number of hydrogen-bond acceptors (Lipinski definition) is 9. The van der Waals surface area contributed by atoms with E-state index in [-0.39, 0.29) is 5.56 Å². The van der Waals surface area contributed by atoms with Crippen LogP contribution in [-0.4, -0.2) is 70.1 Å². The summed E-state index contributed by atoms with van der Waals surface area (Å²) >= 11 is 0. The molecule has 2 aliphatic heterocycles. The van der Waals surface area contributed by atoms with E-state index in [0.29, 0.717) is 26.2 Å². The molecular formula is C21H25N7O5. The fourth-order valence-corrected chi connectivity index (χ4v) is 4.14. The topological polar surface area (TPSA) is 139 Å². The number of rotatable bonds is 5. The number of nitro groups is 2. The summed E-state index contributed by atoms with van der Waals surface area (Å²) in [5.41, 5.74) is -1.03. The Morgan fingerprint density at radius 3 is 1.79 bits per heavy atom. The monoisotopic (exact) mass is 455 g/mol. The highest BCUT2D eigenvalue weighted by Gasteiger charge is 2.27. The van der Waals surface area contributed by atoms with Crippen molar-refractivity contribution in [2.45, 2.75) is 19.8 Å². The number of hydrogen-bond donors (Lipinski definition) is 0. The standard InChI is InChI=1S/C21H25N7O5/c1-15-4-6-24(7-5-15)19-2-3-20(23-22-19)25-8-10-26(11-9-25)21(29)16-12-17(27(30)31)14-18(13-16)28(32)33/h2-3,12-15H,4-11H2,1H3. The number of piperazine rings is 1. The Kier molecular flexibility index (Phi) is 6.33. The van der Waals surface area contributed by atoms with E-state index in [1.807, 2.05) is 17.0 Å². The van der Waals surface area contributed by atoms with E-state index in [1.165, 1.54) is 4.90 Å². The summed E-state index contributed by atoms with van der Waals surface area (Å²) in [5.74, 6) is 1.86. The zero-order chi connectivity index (χ0) is 23.5. The molecule has 2 aliphatic rings. The van der Waals surface area contributed by atoms with Gasteiger partial charge in [-0.15, -0.1) is 10.2 Å². The van der Waals surface area contributed by atoms with Gasteiger partial charge in [0.1, 0.15) is 0 Å². The number of nitro benzene ring substituents is 2. The molecule has 1 aromatic heterocycles. The van der Waals surface area contributed by atoms with Crippen molar-refractivity contribution < 1.29 is 14.6 Å². The van der Waals surface area contributed by atoms with Crippen LogP contribution in [0.3, 0.4) is 0 Å². The quantitative estimate of drug-likeness (QED) is 0.491. The number of piperidine rings is 1. The number of benzene rings is 1. The molecule has 0 atom stereocenters. The first-order chi connectivity index (χ1) is 15.8. The van der Waals surface area contributed by atoms with Crippen LogP contribution in [0.5, 0.6) is 0 Å². The van der Waals surface area contributed by atoms with Gasteiger partial charge in [0, 0.05) is 51.4 Å². The van der Waals surface area contributed by atoms with Gasteiger partial charge in [-0.05, 0) is 30.9 Å². The maximum atomic E-state index is 12.9. The van der Waals surface area contributed by atoms with E-state index >= 15 is 0 Å². The average molecular weight is 455 g/mol. The lowest BCUT2D eigenvalue weighted by molar-refractivity contribution is -0.394. The number of amides is 1. The number of non-ortho nitro benzene ring substituents is 2. The van der Waals surface area contributed by atoms with Crippen LogP contribution < -0.4 is 9.80 Å². The van der Waals surface area contributed by atoms with Crippen molar-refractivity contribution in [3.05, 3.63) is 56.1 Å². The molecule has 2 aromatic rings. The van der Waals surface area contributed by atoms with Crippen molar-refractivity contribution in [2.24, 2.45) is 5.92 Å². The van der Waals surface area contributed by atoms with Crippen LogP contribution in [0.2, 0.25) is 0 Å². The molecule has 0 radical (unpaired) electrons. The molecule has 1 amide bonds. The first kappa shape index (κ1) is 22.4. The van der Waals surface area contributed by atoms with Crippen molar-refractivity contribution in [2.75, 3.05) is 49.1 Å². The van der Waals surface area contributed by atoms with Gasteiger partial charge in [0.15, 0.2) is 11.6 Å². The minimum atomic E-state index is -0.742. The van der Waals surface area contributed by atoms with E-state index in [1.54, 1.807) is 0 Å². The van der Waals surface area contributed by atoms with E-state index in [0.717, 1.165) is 61.7 Å². The Bertz CT molecular complexity index is 1010. The van der Waals surface area contributed by atoms with Crippen molar-refractivity contribution in [1.82, 2.24) is 15.1 Å². The molecule has 4 rings (SSSR count). The summed E-state index contributed by atoms with van der Waals surface area (Å²) in [5, 5.41) is 31.0. The fraction of sp³-hybridized carbons (Fsp3) is 0.476. The molecule has 0 N–H and O–H groups in total. The second-order valence-corrected chi connectivity index (χ2v) is 8.45. The van der Waals surface area contributed by atoms with Crippen LogP contribution in [0.4, 0.5) is 23.0 Å². The van der Waals surface area contributed by atoms with E-state index in [2.05, 4.69) is 22.0 Å². The van der Waals surface area contributed by atoms with Crippen LogP contribution in [0.1, 0.15) is 30.1 Å². The van der Waals surface area contributed by atoms with Crippen LogP contribution in [0.25, 0.3) is 0 Å². The summed E-state index contributed by atoms with van der Waals surface area (Å²) in [6.45, 7) is 5.97. The van der Waals surface area contributed by atoms with E-state index < -0.39 is 27.1 Å². The van der Waals surface area contributed by atoms with Crippen LogP contribution in [-0.2, 0) is 0 Å². The number of carbonyl (C=O) groups is 1. The Morgan fingerprint density at radius 2 is 1.33 bits per heavy atom. The van der Waals surface area contributed by atoms with E-state index in [4.69, 9.17) is 0 Å². The SMILES string of the molecule is CC1CCN(c2ccc(N3CCN(C(=O)c4cc([N+](=O)[O-])cc([N+](=O)[O-])c4)CC3)nn2)CC1. The first-order valence-corrected chi connectivity index (χ1v) is 10.9. The van der Waals surface area contributed by atoms with Gasteiger partial charge in [-0.25, -0.2) is 0 Å². The summed E-state index contributed by atoms with van der Waals surface area (Å²) in [6, 6.07) is 6.90. The molecular weight excluding hydrogens is 430 g/mol. The highest BCUT2D eigenvalue weighted by atomic mass is 16.6. The zero-order valence-electron chi connectivity index (χ0n) is 18.3. The molecule has 3 heterocycles. The second kappa shape index (κ2) is 9.35. The molecule has 33 heavy (non-hydrogen) atoms. The number of anilines is 2. The molecule has 1 aromatic carbocycles. The Labute approximate surface area is 190 Å². The highest BCUT2D eigenvalue weighted by Crippen LogP contribution is 2.25. The predicted molar refractivity (Wildman–Crippen MR) is 121 cm³/mol. The third-order valence-corrected chi connectivity index (χ3v) is 6.21. The molecule has 0 unspecified atom stereocenters. The lowest BCUT2D eigenvalue weighted by atomic mass is 9.99. The number of aromatic nitrogens is 2. The van der Waals surface area contributed by atoms with Crippen molar-refractivity contribution in [1.29, 1.82) is 0 Å². The van der Waals surface area contributed by atoms with Gasteiger partial charge in [0.25, 0.3) is 17.3 Å². The summed E-state index contributed by atoms with van der Waals surface area (Å²) in [6.07, 6.45) is 2.29. The molecule has 12 nitrogen and oxygen atoms in total. The van der Waals surface area contributed by atoms with Crippen LogP contribution in [0.15, 0.2) is 30.3 Å². The van der Waals surface area contributed by atoms with Gasteiger partial charge in [-0.3, -0.25) is 25.0 Å². The van der Waals surface area contributed by atoms with Gasteiger partial charge in [0.2, 0.25) is 0 Å². The largest absolute Gasteiger partial charge is 0.355 e. The first-order valence-electron chi connectivity index (χ1n) is 10.9. The highest BCUT2D eigenvalue weighted by molar-refractivity contribution is 5.95. The number of nitrogens with zero attached hydrogens (tertiary/aromatic N) is 7. The van der Waals surface area contributed by atoms with Crippen LogP contribution >= 0.6 is 0 Å². The molecule has 0 spiro atoms. The smallest absolute Gasteiger partial charge is 0.277 e. The summed E-state index contributed by atoms with van der Waals surface area (Å²) in [4.78, 5) is 39.4. The van der Waals surface area contributed by atoms with Crippen LogP contribution in [0, 0.1) is 26.1 Å². The molecule has 174 valence electrons. The van der Waals surface area contributed by atoms with Crippen molar-refractivity contribution in [3.8, 4) is 0 Å². The van der Waals surface area contributed by atoms with Crippen molar-refractivity contribution >= 4 is 28.9 Å². The maximum absolute atomic E-state index is 12.9. The summed E-state index contributed by atoms with van der Waals surface area (Å²) in [7, 11) is 0. The summed E-state index contributed by atoms with van der Waals surface area (Å²) < 4.78 is 0. The Hall–Kier alpha value is -3.83. The maximum Gasteiger partial charge on any atom is 0.277 e. The van der Waals surface area contributed by atoms with Gasteiger partial charge in [-0.2, -0.15) is 0 Å². The Morgan fingerprint density at radius 1 is 0.848 bits per heavy atom. The van der Waals surface area contributed by atoms with Gasteiger partial charge < -0.3 is 14.7 Å². The molecule has 2 fully saturated rings. The lowest BCUT2D eigenvalue weighted by Gasteiger charge is -2.35. The minimum absolute atomic E-state index is 0.0654. The third kappa shape index (κ3) is 4.99. The number of carbonyl (C=O) groups excluding carboxylic acids is 1. The third-order valence-electron chi connectivity index (χ3n) is 6.21. The van der Waals surface area contributed by atoms with Crippen molar-refractivity contribution in [3.63, 3.8) is 0 Å². The predicted octanol–water partition coefficient (Wildman–Crippen LogP) is 2.49. The zero-order valence-corrected chi connectivity index (χ0v) is 18.3. The van der Waals surface area contributed by atoms with Gasteiger partial charge in [-0.1, -0.05) is 6.92 Å². The molecule has 12 heteroatoms. The fourth-order valence-electron chi connectivity index (χ4n) is 4.14. The molecule has 0 aliphatic carbocycles. The second-order valence-electron chi connectivity index (χ2n) is 8.45.